The molecule has 3 N–H and O–H groups in total. The van der Waals surface area contributed by atoms with Crippen LogP contribution < -0.4 is 9.47 Å². The van der Waals surface area contributed by atoms with Crippen molar-refractivity contribution in [2.75, 3.05) is 20.8 Å². The number of aromatic hydroxyl groups is 2. The quantitative estimate of drug-likeness (QED) is 0.728. The Morgan fingerprint density at radius 3 is 2.56 bits per heavy atom. The lowest BCUT2D eigenvalue weighted by Crippen LogP contribution is -2.13. The van der Waals surface area contributed by atoms with E-state index in [1.807, 2.05) is 0 Å². The van der Waals surface area contributed by atoms with Crippen LogP contribution in [-0.2, 0) is 4.74 Å². The smallest absolute Gasteiger partial charge is 0.337 e. The topological polar surface area (TPSA) is 105 Å². The first kappa shape index (κ1) is 16.9. The van der Waals surface area contributed by atoms with Crippen LogP contribution >= 0.6 is 0 Å². The van der Waals surface area contributed by atoms with Crippen LogP contribution in [0.1, 0.15) is 33.5 Å². The predicted octanol–water partition coefficient (Wildman–Crippen LogP) is 2.10. The molecule has 25 heavy (non-hydrogen) atoms. The Labute approximate surface area is 144 Å². The number of carbonyl (C=O) groups is 1. The second-order valence-corrected chi connectivity index (χ2v) is 5.66. The zero-order chi connectivity index (χ0) is 18.1. The Morgan fingerprint density at radius 1 is 1.16 bits per heavy atom. The highest BCUT2D eigenvalue weighted by Gasteiger charge is 2.38. The largest absolute Gasteiger partial charge is 0.504 e. The van der Waals surface area contributed by atoms with Gasteiger partial charge in [-0.2, -0.15) is 0 Å². The van der Waals surface area contributed by atoms with Gasteiger partial charge < -0.3 is 29.5 Å². The van der Waals surface area contributed by atoms with E-state index >= 15 is 0 Å². The Morgan fingerprint density at radius 2 is 1.92 bits per heavy atom. The van der Waals surface area contributed by atoms with Crippen LogP contribution in [0.3, 0.4) is 0 Å². The summed E-state index contributed by atoms with van der Waals surface area (Å²) in [5.74, 6) is -0.830. The molecule has 2 aromatic carbocycles. The molecule has 1 aliphatic rings. The van der Waals surface area contributed by atoms with E-state index in [1.54, 1.807) is 18.2 Å². The highest BCUT2D eigenvalue weighted by molar-refractivity contribution is 5.90. The summed E-state index contributed by atoms with van der Waals surface area (Å²) in [7, 11) is 2.68. The number of carbonyl (C=O) groups excluding carboxylic acids is 1. The van der Waals surface area contributed by atoms with Gasteiger partial charge in [-0.25, -0.2) is 4.79 Å². The average Bonchev–Trinajstić information content (AvgIpc) is 3.00. The van der Waals surface area contributed by atoms with Crippen molar-refractivity contribution in [3.05, 3.63) is 47.0 Å². The number of esters is 1. The number of ether oxygens (including phenoxy) is 3. The van der Waals surface area contributed by atoms with Crippen LogP contribution in [0, 0.1) is 0 Å². The van der Waals surface area contributed by atoms with Gasteiger partial charge in [0, 0.05) is 5.56 Å². The maximum Gasteiger partial charge on any atom is 0.337 e. The maximum atomic E-state index is 11.8. The van der Waals surface area contributed by atoms with Crippen molar-refractivity contribution in [1.82, 2.24) is 0 Å². The third kappa shape index (κ3) is 2.83. The first-order valence-corrected chi connectivity index (χ1v) is 7.59. The second-order valence-electron chi connectivity index (χ2n) is 5.66. The van der Waals surface area contributed by atoms with Gasteiger partial charge in [0.15, 0.2) is 23.0 Å². The van der Waals surface area contributed by atoms with Crippen LogP contribution in [0.15, 0.2) is 30.3 Å². The van der Waals surface area contributed by atoms with Crippen molar-refractivity contribution >= 4 is 5.97 Å². The van der Waals surface area contributed by atoms with Crippen LogP contribution in [0.4, 0.5) is 0 Å². The number of benzene rings is 2. The van der Waals surface area contributed by atoms with E-state index < -0.39 is 18.0 Å². The summed E-state index contributed by atoms with van der Waals surface area (Å²) in [6.07, 6.45) is -0.603. The molecule has 0 unspecified atom stereocenters. The molecule has 7 nitrogen and oxygen atoms in total. The van der Waals surface area contributed by atoms with E-state index in [4.69, 9.17) is 9.47 Å². The van der Waals surface area contributed by atoms with E-state index in [0.717, 1.165) is 0 Å². The van der Waals surface area contributed by atoms with Crippen LogP contribution in [0.2, 0.25) is 0 Å². The monoisotopic (exact) mass is 346 g/mol. The fraction of sp³-hybridized carbons (Fsp3) is 0.278. The molecule has 0 saturated heterocycles. The van der Waals surface area contributed by atoms with Crippen molar-refractivity contribution < 1.29 is 34.3 Å². The Balaban J connectivity index is 2.04. The summed E-state index contributed by atoms with van der Waals surface area (Å²) in [5.41, 5.74) is 1.34. The summed E-state index contributed by atoms with van der Waals surface area (Å²) in [5, 5.41) is 29.8. The summed E-state index contributed by atoms with van der Waals surface area (Å²) in [6.45, 7) is -0.259. The summed E-state index contributed by atoms with van der Waals surface area (Å²) < 4.78 is 15.6. The van der Waals surface area contributed by atoms with Crippen molar-refractivity contribution in [1.29, 1.82) is 0 Å². The maximum absolute atomic E-state index is 11.8. The molecule has 2 atom stereocenters. The minimum Gasteiger partial charge on any atom is -0.504 e. The number of phenols is 2. The molecule has 1 aliphatic heterocycles. The molecule has 0 bridgehead atoms. The number of rotatable bonds is 4. The number of hydrogen-bond acceptors (Lipinski definition) is 7. The molecule has 0 spiro atoms. The molecule has 0 aromatic heterocycles. The van der Waals surface area contributed by atoms with Crippen molar-refractivity contribution in [2.45, 2.75) is 12.0 Å². The second kappa shape index (κ2) is 6.52. The van der Waals surface area contributed by atoms with Gasteiger partial charge in [0.1, 0.15) is 6.10 Å². The number of phenolic OH excluding ortho intramolecular Hbond substituents is 2. The van der Waals surface area contributed by atoms with Gasteiger partial charge in [-0.1, -0.05) is 6.07 Å². The van der Waals surface area contributed by atoms with Crippen LogP contribution in [0.5, 0.6) is 23.0 Å². The van der Waals surface area contributed by atoms with E-state index in [2.05, 4.69) is 4.74 Å². The third-order valence-electron chi connectivity index (χ3n) is 4.26. The normalized spacial score (nSPS) is 18.4. The zero-order valence-electron chi connectivity index (χ0n) is 13.7. The van der Waals surface area contributed by atoms with Gasteiger partial charge in [-0.15, -0.1) is 0 Å². The molecule has 2 aromatic rings. The molecular weight excluding hydrogens is 328 g/mol. The first-order valence-electron chi connectivity index (χ1n) is 7.59. The molecule has 3 rings (SSSR count). The third-order valence-corrected chi connectivity index (χ3v) is 4.26. The lowest BCUT2D eigenvalue weighted by molar-refractivity contribution is 0.0600. The van der Waals surface area contributed by atoms with Gasteiger partial charge in [-0.05, 0) is 29.8 Å². The molecule has 132 valence electrons. The Hall–Kier alpha value is -2.93. The first-order chi connectivity index (χ1) is 12.0. The molecule has 0 saturated carbocycles. The van der Waals surface area contributed by atoms with Gasteiger partial charge in [0.25, 0.3) is 0 Å². The van der Waals surface area contributed by atoms with Crippen molar-refractivity contribution in [2.24, 2.45) is 0 Å². The molecule has 0 amide bonds. The summed E-state index contributed by atoms with van der Waals surface area (Å²) >= 11 is 0. The summed E-state index contributed by atoms with van der Waals surface area (Å²) in [4.78, 5) is 11.8. The van der Waals surface area contributed by atoms with E-state index in [-0.39, 0.29) is 35.2 Å². The van der Waals surface area contributed by atoms with E-state index in [1.165, 1.54) is 26.4 Å². The van der Waals surface area contributed by atoms with Gasteiger partial charge in [0.05, 0.1) is 32.3 Å². The fourth-order valence-electron chi connectivity index (χ4n) is 3.01. The standard InChI is InChI=1S/C18H18O7/c1-23-15-7-9(3-4-13(15)20)16-12(8-19)11-5-10(18(22)24-2)6-14(21)17(11)25-16/h3-7,12,16,19-21H,8H2,1-2H3/t12-,16+/m0/s1. The summed E-state index contributed by atoms with van der Waals surface area (Å²) in [6, 6.07) is 7.52. The van der Waals surface area contributed by atoms with Crippen LogP contribution in [0.25, 0.3) is 0 Å². The lowest BCUT2D eigenvalue weighted by Gasteiger charge is -2.18. The molecular formula is C18H18O7. The van der Waals surface area contributed by atoms with Gasteiger partial charge >= 0.3 is 5.97 Å². The molecule has 0 aliphatic carbocycles. The zero-order valence-corrected chi connectivity index (χ0v) is 13.7. The molecule has 0 fully saturated rings. The minimum absolute atomic E-state index is 0.0156. The van der Waals surface area contributed by atoms with Crippen LogP contribution in [-0.4, -0.2) is 42.1 Å². The van der Waals surface area contributed by atoms with Crippen molar-refractivity contribution in [3.8, 4) is 23.0 Å². The minimum atomic E-state index is -0.603. The number of aliphatic hydroxyl groups is 1. The number of fused-ring (bicyclic) bond motifs is 1. The average molecular weight is 346 g/mol. The molecule has 0 radical (unpaired) electrons. The highest BCUT2D eigenvalue weighted by atomic mass is 16.5. The molecule has 1 heterocycles. The predicted molar refractivity (Wildman–Crippen MR) is 87.3 cm³/mol. The highest BCUT2D eigenvalue weighted by Crippen LogP contribution is 2.51. The lowest BCUT2D eigenvalue weighted by atomic mass is 9.90. The van der Waals surface area contributed by atoms with Gasteiger partial charge in [-0.3, -0.25) is 0 Å². The Bertz CT molecular complexity index is 815. The fourth-order valence-corrected chi connectivity index (χ4v) is 3.01. The number of methoxy groups -OCH3 is 2. The number of aliphatic hydroxyl groups excluding tert-OH is 1. The van der Waals surface area contributed by atoms with Gasteiger partial charge in [0.2, 0.25) is 0 Å². The van der Waals surface area contributed by atoms with E-state index in [0.29, 0.717) is 11.1 Å². The SMILES string of the molecule is COC(=O)c1cc(O)c2c(c1)[C@H](CO)[C@@H](c1ccc(O)c(OC)c1)O2. The Kier molecular flexibility index (Phi) is 4.41. The number of hydrogen-bond donors (Lipinski definition) is 3. The molecule has 7 heteroatoms. The van der Waals surface area contributed by atoms with Crippen molar-refractivity contribution in [3.63, 3.8) is 0 Å². The van der Waals surface area contributed by atoms with E-state index in [9.17, 15) is 20.1 Å².